The topological polar surface area (TPSA) is 75.6 Å². The third kappa shape index (κ3) is 4.61. The van der Waals surface area contributed by atoms with Gasteiger partial charge in [0.2, 0.25) is 5.91 Å². The zero-order chi connectivity index (χ0) is 20.3. The number of aromatic amines is 1. The lowest BCUT2D eigenvalue weighted by molar-refractivity contribution is -0.115. The number of imidazole rings is 1. The first-order valence-corrected chi connectivity index (χ1v) is 10.2. The molecule has 2 N–H and O–H groups in total. The number of aromatic nitrogens is 4. The van der Waals surface area contributed by atoms with Crippen LogP contribution in [0, 0.1) is 19.8 Å². The van der Waals surface area contributed by atoms with Crippen molar-refractivity contribution in [3.63, 3.8) is 0 Å². The first kappa shape index (κ1) is 20.1. The molecule has 0 aliphatic heterocycles. The maximum absolute atomic E-state index is 12.6. The number of benzene rings is 1. The molecule has 0 unspecified atom stereocenters. The van der Waals surface area contributed by atoms with Gasteiger partial charge in [-0.2, -0.15) is 5.10 Å². The van der Waals surface area contributed by atoms with Gasteiger partial charge in [-0.3, -0.25) is 9.48 Å². The normalized spacial score (nSPS) is 11.5. The van der Waals surface area contributed by atoms with Crippen molar-refractivity contribution in [2.24, 2.45) is 5.92 Å². The van der Waals surface area contributed by atoms with Gasteiger partial charge >= 0.3 is 0 Å². The van der Waals surface area contributed by atoms with E-state index in [1.165, 1.54) is 0 Å². The van der Waals surface area contributed by atoms with Crippen LogP contribution in [0.2, 0.25) is 0 Å². The van der Waals surface area contributed by atoms with Gasteiger partial charge < -0.3 is 10.3 Å². The molecule has 0 fully saturated rings. The highest BCUT2D eigenvalue weighted by Crippen LogP contribution is 2.20. The average Bonchev–Trinajstić information content (AvgIpc) is 3.15. The number of aryl methyl sites for hydroxylation is 2. The molecule has 0 spiro atoms. The second kappa shape index (κ2) is 8.59. The van der Waals surface area contributed by atoms with Crippen molar-refractivity contribution in [1.82, 2.24) is 19.7 Å². The van der Waals surface area contributed by atoms with Crippen molar-refractivity contribution < 1.29 is 4.79 Å². The number of carbonyl (C=O) groups excluding carboxylic acids is 1. The molecule has 3 rings (SSSR count). The largest absolute Gasteiger partial charge is 0.342 e. The van der Waals surface area contributed by atoms with Crippen LogP contribution in [0.3, 0.4) is 0 Å². The third-order valence-corrected chi connectivity index (χ3v) is 4.99. The van der Waals surface area contributed by atoms with Crippen molar-refractivity contribution >= 4 is 22.6 Å². The zero-order valence-electron chi connectivity index (χ0n) is 17.6. The van der Waals surface area contributed by atoms with Crippen LogP contribution < -0.4 is 5.32 Å². The maximum Gasteiger partial charge on any atom is 0.228 e. The molecular formula is C22H31N5O. The van der Waals surface area contributed by atoms with Crippen LogP contribution in [0.15, 0.2) is 18.2 Å². The highest BCUT2D eigenvalue weighted by molar-refractivity contribution is 5.94. The molecule has 6 nitrogen and oxygen atoms in total. The Morgan fingerprint density at radius 3 is 2.79 bits per heavy atom. The molecule has 3 aromatic rings. The Morgan fingerprint density at radius 1 is 1.29 bits per heavy atom. The Labute approximate surface area is 166 Å². The Kier molecular flexibility index (Phi) is 6.17. The number of rotatable bonds is 8. The lowest BCUT2D eigenvalue weighted by Crippen LogP contribution is -2.15. The zero-order valence-corrected chi connectivity index (χ0v) is 17.6. The number of fused-ring (bicyclic) bond motifs is 1. The van der Waals surface area contributed by atoms with Gasteiger partial charge in [0.1, 0.15) is 5.82 Å². The fourth-order valence-electron chi connectivity index (χ4n) is 3.48. The number of amides is 1. The molecule has 0 saturated heterocycles. The lowest BCUT2D eigenvalue weighted by atomic mass is 10.1. The molecule has 0 atom stereocenters. The van der Waals surface area contributed by atoms with Crippen molar-refractivity contribution in [3.05, 3.63) is 41.0 Å². The molecule has 0 radical (unpaired) electrons. The Bertz CT molecular complexity index is 967. The van der Waals surface area contributed by atoms with E-state index in [1.807, 2.05) is 36.7 Å². The van der Waals surface area contributed by atoms with E-state index < -0.39 is 0 Å². The number of nitrogens with one attached hydrogen (secondary N) is 2. The van der Waals surface area contributed by atoms with Crippen molar-refractivity contribution in [3.8, 4) is 0 Å². The van der Waals surface area contributed by atoms with Crippen LogP contribution in [-0.2, 0) is 24.2 Å². The minimum absolute atomic E-state index is 0.0274. The molecule has 0 aliphatic carbocycles. The number of nitrogens with zero attached hydrogens (tertiary/aromatic N) is 3. The standard InChI is InChI=1S/C22H31N5O/c1-6-7-8-21-24-19-10-9-17(11-20(19)25-21)23-22(28)12-18-15(4)26-27(16(18)5)13-14(2)3/h9-11,14H,6-8,12-13H2,1-5H3,(H,23,28)(H,24,25). The highest BCUT2D eigenvalue weighted by Gasteiger charge is 2.16. The molecule has 28 heavy (non-hydrogen) atoms. The number of H-pyrrole nitrogens is 1. The summed E-state index contributed by atoms with van der Waals surface area (Å²) in [5.74, 6) is 1.49. The summed E-state index contributed by atoms with van der Waals surface area (Å²) >= 11 is 0. The van der Waals surface area contributed by atoms with Crippen molar-refractivity contribution in [2.75, 3.05) is 5.32 Å². The third-order valence-electron chi connectivity index (χ3n) is 4.99. The van der Waals surface area contributed by atoms with Gasteiger partial charge in [0.25, 0.3) is 0 Å². The predicted molar refractivity (Wildman–Crippen MR) is 114 cm³/mol. The predicted octanol–water partition coefficient (Wildman–Crippen LogP) is 4.56. The minimum Gasteiger partial charge on any atom is -0.342 e. The van der Waals surface area contributed by atoms with Crippen LogP contribution in [0.5, 0.6) is 0 Å². The fraction of sp³-hybridized carbons (Fsp3) is 0.500. The number of unbranched alkanes of at least 4 members (excludes halogenated alkanes) is 1. The van der Waals surface area contributed by atoms with E-state index >= 15 is 0 Å². The molecular weight excluding hydrogens is 350 g/mol. The monoisotopic (exact) mass is 381 g/mol. The summed E-state index contributed by atoms with van der Waals surface area (Å²) in [4.78, 5) is 20.6. The summed E-state index contributed by atoms with van der Waals surface area (Å²) < 4.78 is 2.01. The van der Waals surface area contributed by atoms with E-state index in [0.717, 1.165) is 65.3 Å². The van der Waals surface area contributed by atoms with Gasteiger partial charge in [0.15, 0.2) is 0 Å². The van der Waals surface area contributed by atoms with E-state index in [1.54, 1.807) is 0 Å². The van der Waals surface area contributed by atoms with Gasteiger partial charge in [-0.15, -0.1) is 0 Å². The summed E-state index contributed by atoms with van der Waals surface area (Å²) in [6, 6.07) is 5.82. The molecule has 0 bridgehead atoms. The fourth-order valence-corrected chi connectivity index (χ4v) is 3.48. The molecule has 150 valence electrons. The molecule has 0 saturated carbocycles. The number of carbonyl (C=O) groups is 1. The van der Waals surface area contributed by atoms with E-state index in [2.05, 4.69) is 41.2 Å². The van der Waals surface area contributed by atoms with E-state index in [9.17, 15) is 4.79 Å². The van der Waals surface area contributed by atoms with Crippen LogP contribution >= 0.6 is 0 Å². The minimum atomic E-state index is -0.0274. The number of hydrogen-bond acceptors (Lipinski definition) is 3. The quantitative estimate of drug-likeness (QED) is 0.601. The maximum atomic E-state index is 12.6. The van der Waals surface area contributed by atoms with Crippen LogP contribution in [0.1, 0.15) is 56.4 Å². The molecule has 0 aliphatic rings. The molecule has 2 aromatic heterocycles. The molecule has 2 heterocycles. The Balaban J connectivity index is 1.70. The summed E-state index contributed by atoms with van der Waals surface area (Å²) in [6.45, 7) is 11.4. The first-order valence-electron chi connectivity index (χ1n) is 10.2. The molecule has 1 amide bonds. The SMILES string of the molecule is CCCCc1nc2ccc(NC(=O)Cc3c(C)nn(CC(C)C)c3C)cc2[nH]1. The second-order valence-electron chi connectivity index (χ2n) is 7.97. The number of hydrogen-bond donors (Lipinski definition) is 2. The molecule has 1 aromatic carbocycles. The van der Waals surface area contributed by atoms with E-state index in [4.69, 9.17) is 0 Å². The van der Waals surface area contributed by atoms with Gasteiger partial charge in [0.05, 0.1) is 23.1 Å². The highest BCUT2D eigenvalue weighted by atomic mass is 16.1. The Morgan fingerprint density at radius 2 is 2.07 bits per heavy atom. The molecule has 6 heteroatoms. The number of anilines is 1. The van der Waals surface area contributed by atoms with Crippen molar-refractivity contribution in [1.29, 1.82) is 0 Å². The van der Waals surface area contributed by atoms with Crippen LogP contribution in [0.25, 0.3) is 11.0 Å². The van der Waals surface area contributed by atoms with E-state index in [-0.39, 0.29) is 5.91 Å². The smallest absolute Gasteiger partial charge is 0.228 e. The second-order valence-corrected chi connectivity index (χ2v) is 7.97. The van der Waals surface area contributed by atoms with Crippen molar-refractivity contribution in [2.45, 2.75) is 66.8 Å². The summed E-state index contributed by atoms with van der Waals surface area (Å²) in [5, 5.41) is 7.62. The van der Waals surface area contributed by atoms with Gasteiger partial charge in [-0.25, -0.2) is 4.98 Å². The first-order chi connectivity index (χ1) is 13.4. The van der Waals surface area contributed by atoms with Crippen LogP contribution in [0.4, 0.5) is 5.69 Å². The summed E-state index contributed by atoms with van der Waals surface area (Å²) in [7, 11) is 0. The van der Waals surface area contributed by atoms with Gasteiger partial charge in [-0.1, -0.05) is 27.2 Å². The summed E-state index contributed by atoms with van der Waals surface area (Å²) in [6.07, 6.45) is 3.54. The summed E-state index contributed by atoms with van der Waals surface area (Å²) in [5.41, 5.74) is 5.70. The average molecular weight is 382 g/mol. The van der Waals surface area contributed by atoms with Crippen LogP contribution in [-0.4, -0.2) is 25.7 Å². The van der Waals surface area contributed by atoms with Gasteiger partial charge in [-0.05, 0) is 44.4 Å². The Hall–Kier alpha value is -2.63. The lowest BCUT2D eigenvalue weighted by Gasteiger charge is -2.08. The van der Waals surface area contributed by atoms with E-state index in [0.29, 0.717) is 12.3 Å². The van der Waals surface area contributed by atoms with Gasteiger partial charge in [0, 0.05) is 29.9 Å².